The van der Waals surface area contributed by atoms with Gasteiger partial charge in [0, 0.05) is 31.5 Å². The molecule has 0 atom stereocenters. The Labute approximate surface area is 175 Å². The van der Waals surface area contributed by atoms with Gasteiger partial charge < -0.3 is 19.4 Å². The van der Waals surface area contributed by atoms with Gasteiger partial charge in [-0.05, 0) is 36.1 Å². The topological polar surface area (TPSA) is 106 Å². The average Bonchev–Trinajstić information content (AvgIpc) is 3.35. The van der Waals surface area contributed by atoms with E-state index in [1.54, 1.807) is 17.3 Å². The molecule has 1 N–H and O–H groups in total. The van der Waals surface area contributed by atoms with E-state index < -0.39 is 11.6 Å². The molecule has 0 amide bonds. The molecule has 160 valence electrons. The number of fused-ring (bicyclic) bond motifs is 1. The van der Waals surface area contributed by atoms with Crippen LogP contribution in [0.3, 0.4) is 0 Å². The minimum atomic E-state index is -0.835. The van der Waals surface area contributed by atoms with Crippen molar-refractivity contribution in [2.24, 2.45) is 5.92 Å². The van der Waals surface area contributed by atoms with Crippen LogP contribution in [-0.4, -0.2) is 52.4 Å². The highest BCUT2D eigenvalue weighted by Crippen LogP contribution is 2.28. The Bertz CT molecular complexity index is 1100. The maximum Gasteiger partial charge on any atom is 0.318 e. The van der Waals surface area contributed by atoms with Crippen LogP contribution in [0.15, 0.2) is 28.9 Å². The molecule has 11 heteroatoms. The molecule has 2 aliphatic rings. The smallest absolute Gasteiger partial charge is 0.318 e. The lowest BCUT2D eigenvalue weighted by molar-refractivity contribution is -0.146. The van der Waals surface area contributed by atoms with Crippen LogP contribution in [0.4, 0.5) is 20.7 Å². The first kappa shape index (κ1) is 19.3. The van der Waals surface area contributed by atoms with E-state index in [0.717, 1.165) is 11.1 Å². The number of hydrogen-bond acceptors (Lipinski definition) is 9. The number of esters is 1. The van der Waals surface area contributed by atoms with E-state index in [9.17, 15) is 13.6 Å². The molecule has 5 rings (SSSR count). The van der Waals surface area contributed by atoms with Crippen molar-refractivity contribution in [3.63, 3.8) is 0 Å². The van der Waals surface area contributed by atoms with Gasteiger partial charge in [0.2, 0.25) is 5.95 Å². The van der Waals surface area contributed by atoms with Gasteiger partial charge in [-0.15, -0.1) is 5.10 Å². The molecule has 0 unspecified atom stereocenters. The summed E-state index contributed by atoms with van der Waals surface area (Å²) in [4.78, 5) is 21.8. The molecule has 3 aromatic rings. The highest BCUT2D eigenvalue weighted by molar-refractivity contribution is 5.75. The quantitative estimate of drug-likeness (QED) is 0.611. The van der Waals surface area contributed by atoms with Gasteiger partial charge in [0.15, 0.2) is 11.6 Å². The van der Waals surface area contributed by atoms with E-state index in [1.165, 1.54) is 19.2 Å². The number of benzene rings is 1. The fourth-order valence-corrected chi connectivity index (χ4v) is 3.82. The molecule has 0 spiro atoms. The number of nitrogens with one attached hydrogen (secondary N) is 1. The number of hydrogen-bond donors (Lipinski definition) is 1. The van der Waals surface area contributed by atoms with Crippen molar-refractivity contribution in [1.82, 2.24) is 20.2 Å². The number of carbonyl (C=O) groups excluding carboxylic acids is 1. The third-order valence-corrected chi connectivity index (χ3v) is 5.51. The Morgan fingerprint density at radius 3 is 2.39 bits per heavy atom. The first-order valence-electron chi connectivity index (χ1n) is 9.72. The van der Waals surface area contributed by atoms with Gasteiger partial charge in [-0.2, -0.15) is 0 Å². The van der Waals surface area contributed by atoms with Crippen LogP contribution < -0.4 is 10.2 Å². The molecule has 1 saturated heterocycles. The van der Waals surface area contributed by atoms with Crippen molar-refractivity contribution in [3.05, 3.63) is 47.3 Å². The zero-order chi connectivity index (χ0) is 21.5. The summed E-state index contributed by atoms with van der Waals surface area (Å²) < 4.78 is 37.2. The third kappa shape index (κ3) is 3.66. The molecular formula is C20H18F2N6O3. The summed E-state index contributed by atoms with van der Waals surface area (Å²) in [5, 5.41) is 11.2. The van der Waals surface area contributed by atoms with Crippen LogP contribution in [0, 0.1) is 17.6 Å². The molecule has 0 saturated carbocycles. The zero-order valence-electron chi connectivity index (χ0n) is 16.5. The van der Waals surface area contributed by atoms with E-state index in [0.29, 0.717) is 43.5 Å². The van der Waals surface area contributed by atoms with Gasteiger partial charge in [0.1, 0.15) is 0 Å². The van der Waals surface area contributed by atoms with Crippen molar-refractivity contribution in [2.75, 3.05) is 30.4 Å². The Morgan fingerprint density at radius 1 is 1.13 bits per heavy atom. The van der Waals surface area contributed by atoms with Crippen LogP contribution in [0.25, 0.3) is 11.5 Å². The standard InChI is InChI=1S/C20H18F2N6O3/c1-30-18(29)13-8-28(9-13)20-27-26-17(31-20)12-6-23-19(24-7-12)25-14-2-10-4-15(21)16(22)5-11(10)3-14/h4-7,13-14H,2-3,8-9H2,1H3,(H,23,24,25). The van der Waals surface area contributed by atoms with E-state index in [4.69, 9.17) is 9.15 Å². The molecule has 1 aliphatic heterocycles. The van der Waals surface area contributed by atoms with Gasteiger partial charge in [-0.3, -0.25) is 4.79 Å². The molecule has 1 fully saturated rings. The summed E-state index contributed by atoms with van der Waals surface area (Å²) in [6.45, 7) is 0.927. The van der Waals surface area contributed by atoms with Crippen LogP contribution >= 0.6 is 0 Å². The number of methoxy groups -OCH3 is 1. The number of anilines is 2. The number of ether oxygens (including phenoxy) is 1. The second kappa shape index (κ2) is 7.56. The minimum Gasteiger partial charge on any atom is -0.469 e. The maximum atomic E-state index is 13.4. The molecule has 9 nitrogen and oxygen atoms in total. The minimum absolute atomic E-state index is 0.0498. The third-order valence-electron chi connectivity index (χ3n) is 5.51. The van der Waals surface area contributed by atoms with Gasteiger partial charge in [0.25, 0.3) is 5.89 Å². The van der Waals surface area contributed by atoms with E-state index >= 15 is 0 Å². The lowest BCUT2D eigenvalue weighted by atomic mass is 10.0. The molecule has 3 heterocycles. The number of rotatable bonds is 5. The summed E-state index contributed by atoms with van der Waals surface area (Å²) >= 11 is 0. The van der Waals surface area contributed by atoms with Crippen molar-refractivity contribution in [3.8, 4) is 11.5 Å². The number of aromatic nitrogens is 4. The maximum absolute atomic E-state index is 13.4. The van der Waals surface area contributed by atoms with Gasteiger partial charge in [0.05, 0.1) is 18.6 Å². The lowest BCUT2D eigenvalue weighted by Crippen LogP contribution is -2.51. The van der Waals surface area contributed by atoms with Crippen LogP contribution in [0.1, 0.15) is 11.1 Å². The summed E-state index contributed by atoms with van der Waals surface area (Å²) in [5.41, 5.74) is 2.12. The molecule has 1 aliphatic carbocycles. The molecule has 0 radical (unpaired) electrons. The molecular weight excluding hydrogens is 410 g/mol. The van der Waals surface area contributed by atoms with Crippen molar-refractivity contribution < 1.29 is 22.7 Å². The Hall–Kier alpha value is -3.63. The normalized spacial score (nSPS) is 16.2. The number of halogens is 2. The monoisotopic (exact) mass is 428 g/mol. The highest BCUT2D eigenvalue weighted by atomic mass is 19.2. The number of nitrogens with zero attached hydrogens (tertiary/aromatic N) is 5. The Balaban J connectivity index is 1.20. The van der Waals surface area contributed by atoms with Gasteiger partial charge >= 0.3 is 12.0 Å². The molecule has 31 heavy (non-hydrogen) atoms. The lowest BCUT2D eigenvalue weighted by Gasteiger charge is -2.35. The molecule has 0 bridgehead atoms. The predicted molar refractivity (Wildman–Crippen MR) is 104 cm³/mol. The van der Waals surface area contributed by atoms with Crippen molar-refractivity contribution in [2.45, 2.75) is 18.9 Å². The van der Waals surface area contributed by atoms with E-state index in [-0.39, 0.29) is 23.8 Å². The summed E-state index contributed by atoms with van der Waals surface area (Å²) in [6.07, 6.45) is 4.24. The molecule has 1 aromatic carbocycles. The van der Waals surface area contributed by atoms with E-state index in [1.807, 2.05) is 0 Å². The summed E-state index contributed by atoms with van der Waals surface area (Å²) in [5.74, 6) is -1.46. The Morgan fingerprint density at radius 2 is 1.77 bits per heavy atom. The van der Waals surface area contributed by atoms with Gasteiger partial charge in [-0.1, -0.05) is 5.10 Å². The zero-order valence-corrected chi connectivity index (χ0v) is 16.5. The highest BCUT2D eigenvalue weighted by Gasteiger charge is 2.36. The molecule has 2 aromatic heterocycles. The average molecular weight is 428 g/mol. The van der Waals surface area contributed by atoms with E-state index in [2.05, 4.69) is 25.5 Å². The summed E-state index contributed by atoms with van der Waals surface area (Å²) in [7, 11) is 1.36. The second-order valence-electron chi connectivity index (χ2n) is 7.59. The number of carbonyl (C=O) groups is 1. The van der Waals surface area contributed by atoms with Crippen LogP contribution in [0.5, 0.6) is 0 Å². The van der Waals surface area contributed by atoms with Crippen LogP contribution in [0.2, 0.25) is 0 Å². The first-order chi connectivity index (χ1) is 15.0. The van der Waals surface area contributed by atoms with Gasteiger partial charge in [-0.25, -0.2) is 18.7 Å². The SMILES string of the molecule is COC(=O)C1CN(c2nnc(-c3cnc(NC4Cc5cc(F)c(F)cc5C4)nc3)o2)C1. The Kier molecular flexibility index (Phi) is 4.72. The fourth-order valence-electron chi connectivity index (χ4n) is 3.82. The van der Waals surface area contributed by atoms with Crippen LogP contribution in [-0.2, 0) is 22.4 Å². The second-order valence-corrected chi connectivity index (χ2v) is 7.59. The predicted octanol–water partition coefficient (Wildman–Crippen LogP) is 1.99. The van der Waals surface area contributed by atoms with Crippen molar-refractivity contribution >= 4 is 17.9 Å². The summed E-state index contributed by atoms with van der Waals surface area (Å²) in [6, 6.07) is 2.76. The largest absolute Gasteiger partial charge is 0.469 e. The van der Waals surface area contributed by atoms with Crippen molar-refractivity contribution in [1.29, 1.82) is 0 Å². The fraction of sp³-hybridized carbons (Fsp3) is 0.350. The first-order valence-corrected chi connectivity index (χ1v) is 9.72.